The average Bonchev–Trinajstić information content (AvgIpc) is 3.65. The molecule has 0 aromatic carbocycles. The van der Waals surface area contributed by atoms with E-state index in [1.54, 1.807) is 6.92 Å². The number of rotatable bonds is 5. The lowest BCUT2D eigenvalue weighted by atomic mass is 9.82. The highest BCUT2D eigenvalue weighted by atomic mass is 16.5. The highest BCUT2D eigenvalue weighted by Crippen LogP contribution is 2.39. The van der Waals surface area contributed by atoms with Crippen LogP contribution in [-0.4, -0.2) is 57.0 Å². The minimum Gasteiger partial charge on any atom is -0.511 e. The molecule has 0 spiro atoms. The molecule has 4 aliphatic carbocycles. The van der Waals surface area contributed by atoms with E-state index in [-0.39, 0.29) is 66.8 Å². The quantitative estimate of drug-likeness (QED) is 0.231. The Balaban J connectivity index is 0.000000192. The molecule has 0 bridgehead atoms. The fourth-order valence-electron chi connectivity index (χ4n) is 4.05. The largest absolute Gasteiger partial charge is 0.511 e. The summed E-state index contributed by atoms with van der Waals surface area (Å²) in [6.45, 7) is 1.91. The van der Waals surface area contributed by atoms with Crippen molar-refractivity contribution in [1.29, 1.82) is 0 Å². The number of aliphatic hydroxyl groups excluding tert-OH is 2. The lowest BCUT2D eigenvalue weighted by Gasteiger charge is -2.21. The lowest BCUT2D eigenvalue weighted by molar-refractivity contribution is -0.151. The van der Waals surface area contributed by atoms with E-state index in [0.717, 1.165) is 25.7 Å². The molecule has 4 fully saturated rings. The zero-order valence-corrected chi connectivity index (χ0v) is 18.9. The van der Waals surface area contributed by atoms with Gasteiger partial charge in [0, 0.05) is 37.5 Å². The van der Waals surface area contributed by atoms with E-state index in [1.165, 1.54) is 0 Å². The first kappa shape index (κ1) is 25.3. The number of aliphatic carboxylic acids is 1. The minimum absolute atomic E-state index is 0.0351. The smallest absolute Gasteiger partial charge is 0.309 e. The number of carboxylic acid groups (broad SMARTS) is 1. The first-order chi connectivity index (χ1) is 16.0. The van der Waals surface area contributed by atoms with E-state index < -0.39 is 46.9 Å². The highest BCUT2D eigenvalue weighted by Gasteiger charge is 2.41. The molecule has 0 aromatic rings. The summed E-state index contributed by atoms with van der Waals surface area (Å²) in [6.07, 6.45) is 2.75. The molecule has 3 N–H and O–H groups in total. The Bertz CT molecular complexity index is 953. The van der Waals surface area contributed by atoms with Crippen LogP contribution in [0.1, 0.15) is 58.3 Å². The summed E-state index contributed by atoms with van der Waals surface area (Å²) >= 11 is 0. The fourth-order valence-corrected chi connectivity index (χ4v) is 4.05. The van der Waals surface area contributed by atoms with Crippen molar-refractivity contribution in [1.82, 2.24) is 0 Å². The Morgan fingerprint density at radius 3 is 1.32 bits per heavy atom. The Hall–Kier alpha value is -3.30. The van der Waals surface area contributed by atoms with Crippen molar-refractivity contribution >= 4 is 35.1 Å². The summed E-state index contributed by atoms with van der Waals surface area (Å²) in [5, 5.41) is 28.2. The number of aliphatic hydroxyl groups is 2. The van der Waals surface area contributed by atoms with Crippen LogP contribution in [0.25, 0.3) is 0 Å². The summed E-state index contributed by atoms with van der Waals surface area (Å²) in [7, 11) is 0. The molecule has 34 heavy (non-hydrogen) atoms. The van der Waals surface area contributed by atoms with Gasteiger partial charge < -0.3 is 20.1 Å². The van der Waals surface area contributed by atoms with Crippen LogP contribution >= 0.6 is 0 Å². The Morgan fingerprint density at radius 2 is 1.03 bits per heavy atom. The molecule has 0 aliphatic heterocycles. The van der Waals surface area contributed by atoms with Crippen molar-refractivity contribution in [3.05, 3.63) is 22.7 Å². The Labute approximate surface area is 195 Å². The molecule has 0 radical (unpaired) electrons. The van der Waals surface area contributed by atoms with Crippen LogP contribution in [0, 0.1) is 23.7 Å². The maximum atomic E-state index is 11.9. The monoisotopic (exact) mass is 476 g/mol. The van der Waals surface area contributed by atoms with Crippen molar-refractivity contribution in [2.24, 2.45) is 23.7 Å². The Kier molecular flexibility index (Phi) is 7.68. The summed E-state index contributed by atoms with van der Waals surface area (Å²) in [6, 6.07) is 0. The third-order valence-electron chi connectivity index (χ3n) is 6.25. The van der Waals surface area contributed by atoms with Crippen molar-refractivity contribution in [2.75, 3.05) is 6.61 Å². The zero-order valence-electron chi connectivity index (χ0n) is 18.9. The van der Waals surface area contributed by atoms with Crippen LogP contribution in [0.3, 0.4) is 0 Å². The number of ether oxygens (including phenoxy) is 1. The second-order valence-electron chi connectivity index (χ2n) is 9.06. The molecule has 10 nitrogen and oxygen atoms in total. The minimum atomic E-state index is -1.13. The summed E-state index contributed by atoms with van der Waals surface area (Å²) < 4.78 is 4.81. The van der Waals surface area contributed by atoms with Crippen molar-refractivity contribution in [3.8, 4) is 0 Å². The molecule has 0 unspecified atom stereocenters. The van der Waals surface area contributed by atoms with E-state index >= 15 is 0 Å². The molecular formula is C24H28O10. The van der Waals surface area contributed by atoms with Crippen LogP contribution < -0.4 is 0 Å². The van der Waals surface area contributed by atoms with E-state index in [0.29, 0.717) is 0 Å². The number of carboxylic acids is 1. The summed E-state index contributed by atoms with van der Waals surface area (Å²) in [5.41, 5.74) is -0.238. The molecule has 4 saturated carbocycles. The number of allylic oxidation sites excluding steroid dienone is 4. The molecule has 184 valence electrons. The molecule has 4 aliphatic rings. The van der Waals surface area contributed by atoms with Gasteiger partial charge in [0.05, 0.1) is 29.6 Å². The van der Waals surface area contributed by atoms with Crippen molar-refractivity contribution < 1.29 is 48.8 Å². The average molecular weight is 476 g/mol. The van der Waals surface area contributed by atoms with Crippen molar-refractivity contribution in [2.45, 2.75) is 58.3 Å². The van der Waals surface area contributed by atoms with Gasteiger partial charge in [0.1, 0.15) is 11.5 Å². The number of ketones is 4. The number of hydrogen-bond donors (Lipinski definition) is 3. The first-order valence-electron chi connectivity index (χ1n) is 11.4. The second kappa shape index (κ2) is 10.3. The predicted molar refractivity (Wildman–Crippen MR) is 115 cm³/mol. The van der Waals surface area contributed by atoms with Crippen LogP contribution in [0.15, 0.2) is 22.7 Å². The number of Topliss-reactive ketones (excluding diaryl/α,β-unsaturated/α-hetero) is 4. The number of carbonyl (C=O) groups excluding carboxylic acids is 5. The summed E-state index contributed by atoms with van der Waals surface area (Å²) in [4.78, 5) is 69.1. The zero-order chi connectivity index (χ0) is 25.2. The van der Waals surface area contributed by atoms with E-state index in [2.05, 4.69) is 0 Å². The third kappa shape index (κ3) is 5.78. The molecule has 0 aromatic heterocycles. The second-order valence-corrected chi connectivity index (χ2v) is 9.06. The topological polar surface area (TPSA) is 172 Å². The van der Waals surface area contributed by atoms with Crippen LogP contribution in [0.2, 0.25) is 0 Å². The van der Waals surface area contributed by atoms with Gasteiger partial charge in [-0.1, -0.05) is 0 Å². The van der Waals surface area contributed by atoms with Crippen LogP contribution in [0.5, 0.6) is 0 Å². The molecule has 4 rings (SSSR count). The number of hydrogen-bond acceptors (Lipinski definition) is 9. The molecule has 0 amide bonds. The standard InChI is InChI=1S/C13H16O5.C11H12O5/c1-2-18-13(17)8-5-9(14)11(10(15)6-8)12(16)7-3-4-7;12-7-3-6(11(15)16)4-8(13)9(7)10(14)5-1-2-5/h7-8,16H,2-6H2,1H3;5-6,14H,1-4H2,(H,15,16). The van der Waals surface area contributed by atoms with E-state index in [1.807, 2.05) is 0 Å². The molecule has 0 atom stereocenters. The van der Waals surface area contributed by atoms with Crippen molar-refractivity contribution in [3.63, 3.8) is 0 Å². The van der Waals surface area contributed by atoms with Gasteiger partial charge in [-0.3, -0.25) is 28.8 Å². The predicted octanol–water partition coefficient (Wildman–Crippen LogP) is 2.16. The lowest BCUT2D eigenvalue weighted by Crippen LogP contribution is -2.32. The maximum Gasteiger partial charge on any atom is 0.309 e. The van der Waals surface area contributed by atoms with Gasteiger partial charge >= 0.3 is 11.9 Å². The van der Waals surface area contributed by atoms with Gasteiger partial charge in [0.2, 0.25) is 0 Å². The van der Waals surface area contributed by atoms with Gasteiger partial charge in [-0.2, -0.15) is 0 Å². The fraction of sp³-hybridized carbons (Fsp3) is 0.583. The Morgan fingerprint density at radius 1 is 0.676 bits per heavy atom. The van der Waals surface area contributed by atoms with Gasteiger partial charge in [0.25, 0.3) is 0 Å². The van der Waals surface area contributed by atoms with Gasteiger partial charge in [-0.15, -0.1) is 0 Å². The number of esters is 1. The third-order valence-corrected chi connectivity index (χ3v) is 6.25. The van der Waals surface area contributed by atoms with E-state index in [4.69, 9.17) is 9.84 Å². The number of carbonyl (C=O) groups is 6. The van der Waals surface area contributed by atoms with Gasteiger partial charge in [-0.05, 0) is 32.6 Å². The molecule has 0 heterocycles. The maximum absolute atomic E-state index is 11.9. The van der Waals surface area contributed by atoms with E-state index in [9.17, 15) is 39.0 Å². The van der Waals surface area contributed by atoms with Crippen LogP contribution in [0.4, 0.5) is 0 Å². The first-order valence-corrected chi connectivity index (χ1v) is 11.4. The normalized spacial score (nSPS) is 24.9. The SMILES string of the molecule is CCOC(=O)C1CC(=O)C(=C(O)C2CC2)C(=O)C1.O=C1CC(C(=O)O)CC(=O)C1=C(O)C1CC1. The van der Waals surface area contributed by atoms with Gasteiger partial charge in [0.15, 0.2) is 23.1 Å². The molecule has 10 heteroatoms. The van der Waals surface area contributed by atoms with Crippen LogP contribution in [-0.2, 0) is 33.5 Å². The molecule has 0 saturated heterocycles. The molecular weight excluding hydrogens is 448 g/mol. The van der Waals surface area contributed by atoms with Gasteiger partial charge in [-0.25, -0.2) is 0 Å². The summed E-state index contributed by atoms with van der Waals surface area (Å²) in [5.74, 6) is -5.52. The highest BCUT2D eigenvalue weighted by molar-refractivity contribution is 6.24.